The van der Waals surface area contributed by atoms with Gasteiger partial charge in [-0.25, -0.2) is 14.4 Å². The highest BCUT2D eigenvalue weighted by Crippen LogP contribution is 2.39. The van der Waals surface area contributed by atoms with Gasteiger partial charge in [0.25, 0.3) is 0 Å². The third kappa shape index (κ3) is 2.87. The van der Waals surface area contributed by atoms with Gasteiger partial charge in [0.1, 0.15) is 11.5 Å². The van der Waals surface area contributed by atoms with Crippen molar-refractivity contribution in [3.05, 3.63) is 67.1 Å². The lowest BCUT2D eigenvalue weighted by molar-refractivity contribution is 0.328. The summed E-state index contributed by atoms with van der Waals surface area (Å²) in [5.41, 5.74) is 3.96. The first-order chi connectivity index (χ1) is 14.3. The lowest BCUT2D eigenvalue weighted by Crippen LogP contribution is -1.98. The number of nitrogens with one attached hydrogen (secondary N) is 1. The zero-order valence-corrected chi connectivity index (χ0v) is 15.6. The largest absolute Gasteiger partial charge is 0.478 e. The molecular weight excluding hydrogens is 369 g/mol. The van der Waals surface area contributed by atoms with E-state index in [-0.39, 0.29) is 0 Å². The molecule has 0 atom stereocenters. The van der Waals surface area contributed by atoms with Crippen LogP contribution in [0.15, 0.2) is 61.3 Å². The molecule has 0 unspecified atom stereocenters. The highest BCUT2D eigenvalue weighted by molar-refractivity contribution is 6.13. The van der Waals surface area contributed by atoms with Crippen LogP contribution >= 0.6 is 0 Å². The SMILES string of the molecule is CCOc1ncccc1-c1c(F)cnc2[nH]c3cnc(-c4cccnc4)cc3c12. The number of halogens is 1. The first-order valence-corrected chi connectivity index (χ1v) is 9.20. The van der Waals surface area contributed by atoms with E-state index in [9.17, 15) is 0 Å². The van der Waals surface area contributed by atoms with Crippen LogP contribution in [-0.4, -0.2) is 31.5 Å². The number of pyridine rings is 4. The van der Waals surface area contributed by atoms with E-state index in [2.05, 4.69) is 24.9 Å². The molecule has 0 bridgehead atoms. The number of rotatable bonds is 4. The molecule has 0 aliphatic carbocycles. The van der Waals surface area contributed by atoms with Gasteiger partial charge in [-0.05, 0) is 37.3 Å². The number of H-pyrrole nitrogens is 1. The number of hydrogen-bond donors (Lipinski definition) is 1. The molecule has 7 heteroatoms. The Morgan fingerprint density at radius 1 is 1.03 bits per heavy atom. The van der Waals surface area contributed by atoms with E-state index in [0.29, 0.717) is 34.6 Å². The highest BCUT2D eigenvalue weighted by atomic mass is 19.1. The van der Waals surface area contributed by atoms with Crippen LogP contribution in [0.4, 0.5) is 4.39 Å². The maximum absolute atomic E-state index is 15.1. The topological polar surface area (TPSA) is 76.6 Å². The molecule has 29 heavy (non-hydrogen) atoms. The number of hydrogen-bond acceptors (Lipinski definition) is 5. The second-order valence-corrected chi connectivity index (χ2v) is 6.48. The van der Waals surface area contributed by atoms with Crippen LogP contribution < -0.4 is 4.74 Å². The fourth-order valence-corrected chi connectivity index (χ4v) is 3.50. The second-order valence-electron chi connectivity index (χ2n) is 6.48. The van der Waals surface area contributed by atoms with E-state index < -0.39 is 5.82 Å². The first-order valence-electron chi connectivity index (χ1n) is 9.20. The van der Waals surface area contributed by atoms with Crippen molar-refractivity contribution < 1.29 is 9.13 Å². The minimum atomic E-state index is -0.438. The normalized spacial score (nSPS) is 11.2. The van der Waals surface area contributed by atoms with Crippen LogP contribution in [0.3, 0.4) is 0 Å². The molecule has 0 amide bonds. The van der Waals surface area contributed by atoms with Crippen molar-refractivity contribution in [2.24, 2.45) is 0 Å². The van der Waals surface area contributed by atoms with Gasteiger partial charge in [0, 0.05) is 46.1 Å². The van der Waals surface area contributed by atoms with E-state index in [4.69, 9.17) is 4.74 Å². The number of nitrogens with zero attached hydrogens (tertiary/aromatic N) is 4. The number of aromatic nitrogens is 5. The van der Waals surface area contributed by atoms with Crippen molar-refractivity contribution in [1.29, 1.82) is 0 Å². The number of fused-ring (bicyclic) bond motifs is 3. The van der Waals surface area contributed by atoms with E-state index in [1.807, 2.05) is 25.1 Å². The van der Waals surface area contributed by atoms with Crippen molar-refractivity contribution in [2.75, 3.05) is 6.61 Å². The van der Waals surface area contributed by atoms with Gasteiger partial charge < -0.3 is 9.72 Å². The van der Waals surface area contributed by atoms with E-state index in [1.165, 1.54) is 6.20 Å². The standard InChI is InChI=1S/C22H16FN5O/c1-2-29-22-14(6-4-8-25-22)19-16(23)11-27-21-20(19)15-9-17(26-12-18(15)28-21)13-5-3-7-24-10-13/h3-12H,2H2,1H3,(H,27,28). The molecule has 0 saturated heterocycles. The summed E-state index contributed by atoms with van der Waals surface area (Å²) < 4.78 is 20.7. The second kappa shape index (κ2) is 6.94. The monoisotopic (exact) mass is 385 g/mol. The molecule has 0 aliphatic heterocycles. The summed E-state index contributed by atoms with van der Waals surface area (Å²) in [6.07, 6.45) is 8.03. The molecule has 6 nitrogen and oxygen atoms in total. The predicted octanol–water partition coefficient (Wildman–Crippen LogP) is 4.77. The summed E-state index contributed by atoms with van der Waals surface area (Å²) >= 11 is 0. The fraction of sp³-hybridized carbons (Fsp3) is 0.0909. The van der Waals surface area contributed by atoms with E-state index >= 15 is 4.39 Å². The molecule has 5 aromatic rings. The lowest BCUT2D eigenvalue weighted by Gasteiger charge is -2.11. The zero-order valence-electron chi connectivity index (χ0n) is 15.6. The van der Waals surface area contributed by atoms with Crippen LogP contribution in [0.25, 0.3) is 44.3 Å². The van der Waals surface area contributed by atoms with Crippen LogP contribution in [0.2, 0.25) is 0 Å². The quantitative estimate of drug-likeness (QED) is 0.482. The highest BCUT2D eigenvalue weighted by Gasteiger charge is 2.20. The van der Waals surface area contributed by atoms with Crippen molar-refractivity contribution in [1.82, 2.24) is 24.9 Å². The summed E-state index contributed by atoms with van der Waals surface area (Å²) in [6, 6.07) is 9.28. The van der Waals surface area contributed by atoms with Gasteiger partial charge in [-0.15, -0.1) is 0 Å². The molecule has 0 aromatic carbocycles. The third-order valence-electron chi connectivity index (χ3n) is 4.74. The Labute approximate surface area is 165 Å². The molecule has 1 N–H and O–H groups in total. The van der Waals surface area contributed by atoms with Gasteiger partial charge in [-0.3, -0.25) is 9.97 Å². The van der Waals surface area contributed by atoms with Crippen molar-refractivity contribution >= 4 is 21.9 Å². The Morgan fingerprint density at radius 3 is 2.76 bits per heavy atom. The number of aromatic amines is 1. The van der Waals surface area contributed by atoms with Crippen molar-refractivity contribution in [2.45, 2.75) is 6.92 Å². The number of ether oxygens (including phenoxy) is 1. The Balaban J connectivity index is 1.84. The molecule has 0 spiro atoms. The summed E-state index contributed by atoms with van der Waals surface area (Å²) in [5, 5.41) is 1.49. The molecule has 0 aliphatic rings. The average Bonchev–Trinajstić information content (AvgIpc) is 3.13. The molecule has 142 valence electrons. The fourth-order valence-electron chi connectivity index (χ4n) is 3.50. The smallest absolute Gasteiger partial charge is 0.221 e. The Morgan fingerprint density at radius 2 is 1.93 bits per heavy atom. The van der Waals surface area contributed by atoms with Gasteiger partial charge in [-0.2, -0.15) is 0 Å². The summed E-state index contributed by atoms with van der Waals surface area (Å²) in [6.45, 7) is 2.30. The summed E-state index contributed by atoms with van der Waals surface area (Å²) in [4.78, 5) is 20.4. The minimum absolute atomic E-state index is 0.386. The minimum Gasteiger partial charge on any atom is -0.478 e. The maximum atomic E-state index is 15.1. The van der Waals surface area contributed by atoms with Crippen LogP contribution in [0, 0.1) is 5.82 Å². The van der Waals surface area contributed by atoms with Crippen molar-refractivity contribution in [3.8, 4) is 28.3 Å². The van der Waals surface area contributed by atoms with Gasteiger partial charge >= 0.3 is 0 Å². The van der Waals surface area contributed by atoms with Gasteiger partial charge in [0.15, 0.2) is 0 Å². The molecule has 5 rings (SSSR count). The maximum Gasteiger partial charge on any atom is 0.221 e. The Hall–Kier alpha value is -3.87. The molecule has 0 saturated carbocycles. The van der Waals surface area contributed by atoms with Gasteiger partial charge in [-0.1, -0.05) is 0 Å². The zero-order chi connectivity index (χ0) is 19.8. The lowest BCUT2D eigenvalue weighted by atomic mass is 10.0. The molecule has 0 fully saturated rings. The first kappa shape index (κ1) is 17.2. The van der Waals surface area contributed by atoms with Crippen LogP contribution in [-0.2, 0) is 0 Å². The predicted molar refractivity (Wildman–Crippen MR) is 109 cm³/mol. The van der Waals surface area contributed by atoms with Crippen LogP contribution in [0.5, 0.6) is 5.88 Å². The molecular formula is C22H16FN5O. The molecule has 5 heterocycles. The van der Waals surface area contributed by atoms with Crippen LogP contribution in [0.1, 0.15) is 6.92 Å². The Kier molecular flexibility index (Phi) is 4.13. The summed E-state index contributed by atoms with van der Waals surface area (Å²) in [5.74, 6) is -0.0515. The molecule has 5 aromatic heterocycles. The van der Waals surface area contributed by atoms with E-state index in [0.717, 1.165) is 22.2 Å². The van der Waals surface area contributed by atoms with Gasteiger partial charge in [0.05, 0.1) is 30.2 Å². The van der Waals surface area contributed by atoms with Gasteiger partial charge in [0.2, 0.25) is 5.88 Å². The molecule has 0 radical (unpaired) electrons. The third-order valence-corrected chi connectivity index (χ3v) is 4.74. The Bertz CT molecular complexity index is 1330. The van der Waals surface area contributed by atoms with Crippen molar-refractivity contribution in [3.63, 3.8) is 0 Å². The average molecular weight is 385 g/mol. The van der Waals surface area contributed by atoms with E-state index in [1.54, 1.807) is 36.9 Å². The summed E-state index contributed by atoms with van der Waals surface area (Å²) in [7, 11) is 0.